The summed E-state index contributed by atoms with van der Waals surface area (Å²) < 4.78 is 7.35. The summed E-state index contributed by atoms with van der Waals surface area (Å²) in [5.41, 5.74) is 8.62. The average molecular weight is 381 g/mol. The largest absolute Gasteiger partial charge is 0.462 e. The molecule has 3 aromatic heterocycles. The van der Waals surface area contributed by atoms with E-state index in [-0.39, 0.29) is 6.01 Å². The maximum absolute atomic E-state index is 6.04. The van der Waals surface area contributed by atoms with Crippen LogP contribution in [0.15, 0.2) is 24.5 Å². The van der Waals surface area contributed by atoms with E-state index in [1.54, 1.807) is 10.7 Å². The van der Waals surface area contributed by atoms with Crippen LogP contribution in [0.3, 0.4) is 0 Å². The van der Waals surface area contributed by atoms with Crippen LogP contribution in [0.25, 0.3) is 5.65 Å². The SMILES string of the molecule is CCCCOc1nc(N)c2ncc(Cc3ccc(N4CCCCC4)nc3)n2n1. The molecule has 3 aromatic rings. The molecular formula is C20H27N7O. The molecule has 1 aliphatic heterocycles. The summed E-state index contributed by atoms with van der Waals surface area (Å²) in [5.74, 6) is 1.38. The molecule has 0 bridgehead atoms. The Labute approximate surface area is 164 Å². The summed E-state index contributed by atoms with van der Waals surface area (Å²) in [4.78, 5) is 15.6. The fourth-order valence-electron chi connectivity index (χ4n) is 3.46. The smallest absolute Gasteiger partial charge is 0.336 e. The van der Waals surface area contributed by atoms with E-state index in [1.807, 2.05) is 6.20 Å². The standard InChI is InChI=1S/C20H27N7O/c1-2-3-11-28-20-24-18(21)19-23-14-16(27(19)25-20)12-15-7-8-17(22-13-15)26-9-5-4-6-10-26/h7-8,13-14H,2-6,9-12H2,1H3,(H2,21,24,25). The molecule has 148 valence electrons. The predicted molar refractivity (Wildman–Crippen MR) is 109 cm³/mol. The zero-order valence-corrected chi connectivity index (χ0v) is 16.3. The van der Waals surface area contributed by atoms with Crippen molar-refractivity contribution in [1.29, 1.82) is 0 Å². The van der Waals surface area contributed by atoms with Crippen molar-refractivity contribution >= 4 is 17.3 Å². The highest BCUT2D eigenvalue weighted by molar-refractivity contribution is 5.59. The number of anilines is 2. The summed E-state index contributed by atoms with van der Waals surface area (Å²) in [6.07, 6.45) is 10.2. The summed E-state index contributed by atoms with van der Waals surface area (Å²) >= 11 is 0. The highest BCUT2D eigenvalue weighted by Gasteiger charge is 2.14. The highest BCUT2D eigenvalue weighted by Crippen LogP contribution is 2.20. The molecule has 0 unspecified atom stereocenters. The van der Waals surface area contributed by atoms with E-state index in [4.69, 9.17) is 10.5 Å². The van der Waals surface area contributed by atoms with E-state index in [0.29, 0.717) is 24.5 Å². The summed E-state index contributed by atoms with van der Waals surface area (Å²) in [5, 5.41) is 4.47. The van der Waals surface area contributed by atoms with E-state index in [9.17, 15) is 0 Å². The van der Waals surface area contributed by atoms with Crippen molar-refractivity contribution in [3.63, 3.8) is 0 Å². The Morgan fingerprint density at radius 3 is 2.71 bits per heavy atom. The lowest BCUT2D eigenvalue weighted by Gasteiger charge is -2.27. The van der Waals surface area contributed by atoms with Gasteiger partial charge in [-0.3, -0.25) is 0 Å². The number of nitrogens with zero attached hydrogens (tertiary/aromatic N) is 6. The molecule has 0 aliphatic carbocycles. The molecular weight excluding hydrogens is 354 g/mol. The van der Waals surface area contributed by atoms with Crippen LogP contribution in [0.1, 0.15) is 50.3 Å². The first-order chi connectivity index (χ1) is 13.7. The zero-order valence-electron chi connectivity index (χ0n) is 16.3. The van der Waals surface area contributed by atoms with Gasteiger partial charge in [-0.15, -0.1) is 5.10 Å². The zero-order chi connectivity index (χ0) is 19.3. The lowest BCUT2D eigenvalue weighted by molar-refractivity contribution is 0.280. The van der Waals surface area contributed by atoms with Gasteiger partial charge in [0.2, 0.25) is 0 Å². The van der Waals surface area contributed by atoms with E-state index in [2.05, 4.69) is 44.0 Å². The Morgan fingerprint density at radius 1 is 1.11 bits per heavy atom. The van der Waals surface area contributed by atoms with Gasteiger partial charge in [0, 0.05) is 25.7 Å². The molecule has 1 fully saturated rings. The van der Waals surface area contributed by atoms with Gasteiger partial charge in [0.05, 0.1) is 18.5 Å². The maximum Gasteiger partial charge on any atom is 0.336 e. The normalized spacial score (nSPS) is 14.5. The second-order valence-electron chi connectivity index (χ2n) is 7.22. The topological polar surface area (TPSA) is 94.5 Å². The number of hydrogen-bond donors (Lipinski definition) is 1. The van der Waals surface area contributed by atoms with Crippen LogP contribution >= 0.6 is 0 Å². The van der Waals surface area contributed by atoms with E-state index >= 15 is 0 Å². The molecule has 4 heterocycles. The third-order valence-corrected chi connectivity index (χ3v) is 5.04. The second-order valence-corrected chi connectivity index (χ2v) is 7.22. The summed E-state index contributed by atoms with van der Waals surface area (Å²) in [7, 11) is 0. The van der Waals surface area contributed by atoms with Crippen molar-refractivity contribution in [2.75, 3.05) is 30.3 Å². The maximum atomic E-state index is 6.04. The average Bonchev–Trinajstić information content (AvgIpc) is 3.13. The molecule has 1 aliphatic rings. The molecule has 0 aromatic carbocycles. The van der Waals surface area contributed by atoms with Crippen LogP contribution in [0, 0.1) is 0 Å². The fraction of sp³-hybridized carbons (Fsp3) is 0.500. The fourth-order valence-corrected chi connectivity index (χ4v) is 3.46. The van der Waals surface area contributed by atoms with Crippen LogP contribution in [-0.2, 0) is 6.42 Å². The molecule has 28 heavy (non-hydrogen) atoms. The van der Waals surface area contributed by atoms with Crippen LogP contribution < -0.4 is 15.4 Å². The van der Waals surface area contributed by atoms with Crippen LogP contribution in [0.2, 0.25) is 0 Å². The second kappa shape index (κ2) is 8.41. The summed E-state index contributed by atoms with van der Waals surface area (Å²) in [6.45, 7) is 4.88. The first-order valence-corrected chi connectivity index (χ1v) is 10.1. The predicted octanol–water partition coefficient (Wildman–Crippen LogP) is 2.86. The van der Waals surface area contributed by atoms with Crippen molar-refractivity contribution in [3.05, 3.63) is 35.8 Å². The third-order valence-electron chi connectivity index (χ3n) is 5.04. The Morgan fingerprint density at radius 2 is 1.96 bits per heavy atom. The van der Waals surface area contributed by atoms with Gasteiger partial charge in [-0.05, 0) is 37.3 Å². The Balaban J connectivity index is 1.52. The lowest BCUT2D eigenvalue weighted by atomic mass is 10.1. The summed E-state index contributed by atoms with van der Waals surface area (Å²) in [6, 6.07) is 4.52. The number of aromatic nitrogens is 5. The number of imidazole rings is 1. The van der Waals surface area contributed by atoms with Gasteiger partial charge in [0.15, 0.2) is 11.5 Å². The van der Waals surface area contributed by atoms with Gasteiger partial charge >= 0.3 is 6.01 Å². The third kappa shape index (κ3) is 4.00. The van der Waals surface area contributed by atoms with Crippen molar-refractivity contribution < 1.29 is 4.74 Å². The molecule has 4 rings (SSSR count). The van der Waals surface area contributed by atoms with Gasteiger partial charge in [-0.25, -0.2) is 14.5 Å². The number of ether oxygens (including phenoxy) is 1. The monoisotopic (exact) mass is 381 g/mol. The lowest BCUT2D eigenvalue weighted by Crippen LogP contribution is -2.30. The van der Waals surface area contributed by atoms with Crippen molar-refractivity contribution in [2.45, 2.75) is 45.4 Å². The van der Waals surface area contributed by atoms with Crippen LogP contribution in [0.4, 0.5) is 11.6 Å². The van der Waals surface area contributed by atoms with Crippen LogP contribution in [0.5, 0.6) is 6.01 Å². The molecule has 8 nitrogen and oxygen atoms in total. The number of unbranched alkanes of at least 4 members (excludes halogenated alkanes) is 1. The number of pyridine rings is 1. The first-order valence-electron chi connectivity index (χ1n) is 10.1. The quantitative estimate of drug-likeness (QED) is 0.629. The first kappa shape index (κ1) is 18.5. The Kier molecular flexibility index (Phi) is 5.55. The van der Waals surface area contributed by atoms with Crippen molar-refractivity contribution in [1.82, 2.24) is 24.6 Å². The van der Waals surface area contributed by atoms with E-state index < -0.39 is 0 Å². The molecule has 1 saturated heterocycles. The molecule has 0 amide bonds. The van der Waals surface area contributed by atoms with Crippen molar-refractivity contribution in [2.24, 2.45) is 0 Å². The number of nitrogens with two attached hydrogens (primary N) is 1. The van der Waals surface area contributed by atoms with E-state index in [1.165, 1.54) is 19.3 Å². The minimum atomic E-state index is 0.288. The van der Waals surface area contributed by atoms with Crippen molar-refractivity contribution in [3.8, 4) is 6.01 Å². The molecule has 2 N–H and O–H groups in total. The highest BCUT2D eigenvalue weighted by atomic mass is 16.5. The number of nitrogen functional groups attached to an aromatic ring is 1. The minimum absolute atomic E-state index is 0.288. The number of piperidine rings is 1. The Hall–Kier alpha value is -2.90. The van der Waals surface area contributed by atoms with Gasteiger partial charge in [-0.2, -0.15) is 4.98 Å². The Bertz CT molecular complexity index is 916. The molecule has 0 saturated carbocycles. The molecule has 0 spiro atoms. The molecule has 0 radical (unpaired) electrons. The van der Waals surface area contributed by atoms with Gasteiger partial charge < -0.3 is 15.4 Å². The van der Waals surface area contributed by atoms with Gasteiger partial charge in [-0.1, -0.05) is 19.4 Å². The van der Waals surface area contributed by atoms with E-state index in [0.717, 1.165) is 43.0 Å². The number of rotatable bonds is 7. The van der Waals surface area contributed by atoms with Gasteiger partial charge in [0.25, 0.3) is 0 Å². The minimum Gasteiger partial charge on any atom is -0.462 e. The van der Waals surface area contributed by atoms with Gasteiger partial charge in [0.1, 0.15) is 5.82 Å². The molecule has 0 atom stereocenters. The number of fused-ring (bicyclic) bond motifs is 1. The number of hydrogen-bond acceptors (Lipinski definition) is 7. The molecule has 8 heteroatoms. The van der Waals surface area contributed by atoms with Crippen LogP contribution in [-0.4, -0.2) is 44.3 Å².